The Bertz CT molecular complexity index is 756. The molecule has 1 heterocycles. The van der Waals surface area contributed by atoms with Gasteiger partial charge in [-0.25, -0.2) is 0 Å². The fraction of sp³-hybridized carbons (Fsp3) is 0.350. The number of para-hydroxylation sites is 2. The maximum absolute atomic E-state index is 12.5. The lowest BCUT2D eigenvalue weighted by atomic mass is 10.1. The van der Waals surface area contributed by atoms with E-state index in [-0.39, 0.29) is 12.5 Å². The van der Waals surface area contributed by atoms with Crippen LogP contribution in [0.2, 0.25) is 0 Å². The first-order chi connectivity index (χ1) is 12.1. The summed E-state index contributed by atoms with van der Waals surface area (Å²) < 4.78 is 11.4. The van der Waals surface area contributed by atoms with Gasteiger partial charge in [0, 0.05) is 24.5 Å². The van der Waals surface area contributed by atoms with Crippen molar-refractivity contribution in [2.45, 2.75) is 26.9 Å². The van der Waals surface area contributed by atoms with E-state index in [0.29, 0.717) is 11.5 Å². The Balaban J connectivity index is 1.69. The number of aryl methyl sites for hydroxylation is 1. The molecular weight excluding hydrogens is 316 g/mol. The largest absolute Gasteiger partial charge is 0.485 e. The smallest absolute Gasteiger partial charge is 0.269 e. The van der Waals surface area contributed by atoms with Crippen LogP contribution in [0.3, 0.4) is 0 Å². The average Bonchev–Trinajstić information content (AvgIpc) is 2.64. The molecule has 2 aromatic carbocycles. The minimum Gasteiger partial charge on any atom is -0.485 e. The molecule has 0 bridgehead atoms. The van der Waals surface area contributed by atoms with E-state index in [4.69, 9.17) is 9.47 Å². The van der Waals surface area contributed by atoms with E-state index >= 15 is 0 Å². The number of carbonyl (C=O) groups excluding carboxylic acids is 1. The highest BCUT2D eigenvalue weighted by molar-refractivity contribution is 5.95. The molecule has 132 valence electrons. The van der Waals surface area contributed by atoms with Crippen molar-refractivity contribution in [3.05, 3.63) is 48.0 Å². The Kier molecular flexibility index (Phi) is 5.12. The lowest BCUT2D eigenvalue weighted by Crippen LogP contribution is -2.40. The molecule has 1 aliphatic rings. The van der Waals surface area contributed by atoms with Gasteiger partial charge in [-0.1, -0.05) is 12.1 Å². The van der Waals surface area contributed by atoms with E-state index in [9.17, 15) is 4.79 Å². The monoisotopic (exact) mass is 340 g/mol. The molecule has 5 heteroatoms. The summed E-state index contributed by atoms with van der Waals surface area (Å²) in [6.45, 7) is 8.37. The Labute approximate surface area is 148 Å². The van der Waals surface area contributed by atoms with Crippen LogP contribution in [0.1, 0.15) is 19.4 Å². The van der Waals surface area contributed by atoms with E-state index in [2.05, 4.69) is 30.1 Å². The number of amides is 1. The van der Waals surface area contributed by atoms with Crippen LogP contribution < -0.4 is 19.7 Å². The van der Waals surface area contributed by atoms with Crippen LogP contribution in [0.15, 0.2) is 42.5 Å². The molecule has 2 aromatic rings. The number of nitrogens with one attached hydrogen (secondary N) is 1. The zero-order chi connectivity index (χ0) is 17.8. The predicted octanol–water partition coefficient (Wildman–Crippen LogP) is 3.62. The second-order valence-corrected chi connectivity index (χ2v) is 6.02. The van der Waals surface area contributed by atoms with E-state index < -0.39 is 6.10 Å². The molecule has 1 aliphatic heterocycles. The summed E-state index contributed by atoms with van der Waals surface area (Å²) in [5.74, 6) is 1.07. The number of hydrogen-bond donors (Lipinski definition) is 1. The molecule has 5 nitrogen and oxygen atoms in total. The quantitative estimate of drug-likeness (QED) is 0.903. The molecule has 0 aromatic heterocycles. The predicted molar refractivity (Wildman–Crippen MR) is 99.7 cm³/mol. The molecule has 0 saturated carbocycles. The molecule has 25 heavy (non-hydrogen) atoms. The standard InChI is InChI=1S/C20H24N2O3/c1-4-22(5-2)15-10-11-16(14(3)12-15)21-20(23)19-13-24-17-8-6-7-9-18(17)25-19/h6-12,19H,4-5,13H2,1-3H3,(H,21,23). The summed E-state index contributed by atoms with van der Waals surface area (Å²) in [5, 5.41) is 2.95. The third-order valence-corrected chi connectivity index (χ3v) is 4.40. The molecule has 1 N–H and O–H groups in total. The van der Waals surface area contributed by atoms with Crippen LogP contribution in [0.5, 0.6) is 11.5 Å². The van der Waals surface area contributed by atoms with Crippen LogP contribution >= 0.6 is 0 Å². The van der Waals surface area contributed by atoms with Gasteiger partial charge in [-0.15, -0.1) is 0 Å². The first kappa shape index (κ1) is 17.1. The Morgan fingerprint density at radius 2 is 1.88 bits per heavy atom. The van der Waals surface area contributed by atoms with Crippen molar-refractivity contribution in [2.24, 2.45) is 0 Å². The van der Waals surface area contributed by atoms with Crippen molar-refractivity contribution in [3.63, 3.8) is 0 Å². The number of rotatable bonds is 5. The molecule has 0 saturated heterocycles. The number of benzene rings is 2. The molecule has 1 unspecified atom stereocenters. The van der Waals surface area contributed by atoms with Gasteiger partial charge in [0.1, 0.15) is 6.61 Å². The van der Waals surface area contributed by atoms with Gasteiger partial charge < -0.3 is 19.7 Å². The number of hydrogen-bond acceptors (Lipinski definition) is 4. The summed E-state index contributed by atoms with van der Waals surface area (Å²) in [4.78, 5) is 14.8. The summed E-state index contributed by atoms with van der Waals surface area (Å²) >= 11 is 0. The summed E-state index contributed by atoms with van der Waals surface area (Å²) in [5.41, 5.74) is 2.98. The molecule has 3 rings (SSSR count). The van der Waals surface area contributed by atoms with Crippen LogP contribution in [0.25, 0.3) is 0 Å². The first-order valence-corrected chi connectivity index (χ1v) is 8.67. The van der Waals surface area contributed by atoms with Crippen molar-refractivity contribution in [1.29, 1.82) is 0 Å². The maximum atomic E-state index is 12.5. The highest BCUT2D eigenvalue weighted by Crippen LogP contribution is 2.31. The Hall–Kier alpha value is -2.69. The second kappa shape index (κ2) is 7.47. The molecule has 0 fully saturated rings. The third kappa shape index (κ3) is 3.71. The topological polar surface area (TPSA) is 50.8 Å². The Morgan fingerprint density at radius 1 is 1.16 bits per heavy atom. The molecule has 1 atom stereocenters. The minimum absolute atomic E-state index is 0.201. The zero-order valence-corrected chi connectivity index (χ0v) is 14.9. The van der Waals surface area contributed by atoms with E-state index in [1.165, 1.54) is 0 Å². The van der Waals surface area contributed by atoms with Crippen molar-refractivity contribution in [2.75, 3.05) is 29.9 Å². The number of ether oxygens (including phenoxy) is 2. The molecule has 0 spiro atoms. The van der Waals surface area contributed by atoms with Crippen LogP contribution in [-0.2, 0) is 4.79 Å². The number of carbonyl (C=O) groups is 1. The van der Waals surface area contributed by atoms with Crippen molar-refractivity contribution < 1.29 is 14.3 Å². The van der Waals surface area contributed by atoms with Crippen molar-refractivity contribution in [1.82, 2.24) is 0 Å². The third-order valence-electron chi connectivity index (χ3n) is 4.40. The normalized spacial score (nSPS) is 15.6. The van der Waals surface area contributed by atoms with Gasteiger partial charge in [-0.3, -0.25) is 4.79 Å². The SMILES string of the molecule is CCN(CC)c1ccc(NC(=O)C2COc3ccccc3O2)c(C)c1. The van der Waals surface area contributed by atoms with Gasteiger partial charge in [-0.05, 0) is 56.7 Å². The lowest BCUT2D eigenvalue weighted by Gasteiger charge is -2.26. The average molecular weight is 340 g/mol. The minimum atomic E-state index is -0.656. The molecule has 0 radical (unpaired) electrons. The summed E-state index contributed by atoms with van der Waals surface area (Å²) in [6, 6.07) is 13.4. The Morgan fingerprint density at radius 3 is 2.56 bits per heavy atom. The highest BCUT2D eigenvalue weighted by atomic mass is 16.6. The highest BCUT2D eigenvalue weighted by Gasteiger charge is 2.27. The van der Waals surface area contributed by atoms with E-state index in [1.54, 1.807) is 6.07 Å². The van der Waals surface area contributed by atoms with Gasteiger partial charge in [0.05, 0.1) is 0 Å². The van der Waals surface area contributed by atoms with E-state index in [0.717, 1.165) is 30.0 Å². The van der Waals surface area contributed by atoms with E-state index in [1.807, 2.05) is 37.3 Å². The number of anilines is 2. The fourth-order valence-corrected chi connectivity index (χ4v) is 2.94. The molecule has 0 aliphatic carbocycles. The molecular formula is C20H24N2O3. The number of nitrogens with zero attached hydrogens (tertiary/aromatic N) is 1. The van der Waals surface area contributed by atoms with Crippen LogP contribution in [0, 0.1) is 6.92 Å². The van der Waals surface area contributed by atoms with Gasteiger partial charge >= 0.3 is 0 Å². The second-order valence-electron chi connectivity index (χ2n) is 6.02. The van der Waals surface area contributed by atoms with Gasteiger partial charge in [0.25, 0.3) is 5.91 Å². The van der Waals surface area contributed by atoms with Crippen LogP contribution in [-0.4, -0.2) is 31.7 Å². The number of fused-ring (bicyclic) bond motifs is 1. The molecule has 1 amide bonds. The lowest BCUT2D eigenvalue weighted by molar-refractivity contribution is -0.125. The summed E-state index contributed by atoms with van der Waals surface area (Å²) in [7, 11) is 0. The fourth-order valence-electron chi connectivity index (χ4n) is 2.94. The van der Waals surface area contributed by atoms with Gasteiger partial charge in [0.2, 0.25) is 6.10 Å². The first-order valence-electron chi connectivity index (χ1n) is 8.67. The van der Waals surface area contributed by atoms with Gasteiger partial charge in [0.15, 0.2) is 11.5 Å². The van der Waals surface area contributed by atoms with Crippen molar-refractivity contribution >= 4 is 17.3 Å². The van der Waals surface area contributed by atoms with Crippen LogP contribution in [0.4, 0.5) is 11.4 Å². The van der Waals surface area contributed by atoms with Gasteiger partial charge in [-0.2, -0.15) is 0 Å². The zero-order valence-electron chi connectivity index (χ0n) is 14.9. The van der Waals surface area contributed by atoms with Crippen molar-refractivity contribution in [3.8, 4) is 11.5 Å². The summed E-state index contributed by atoms with van der Waals surface area (Å²) in [6.07, 6.45) is -0.656. The maximum Gasteiger partial charge on any atom is 0.269 e.